The molecule has 0 saturated carbocycles. The van der Waals surface area contributed by atoms with Gasteiger partial charge in [0.2, 0.25) is 0 Å². The van der Waals surface area contributed by atoms with Crippen LogP contribution >= 0.6 is 0 Å². The van der Waals surface area contributed by atoms with E-state index >= 15 is 0 Å². The second-order valence-corrected chi connectivity index (χ2v) is 4.08. The normalized spacial score (nSPS) is 12.8. The highest BCUT2D eigenvalue weighted by Gasteiger charge is 2.13. The van der Waals surface area contributed by atoms with Crippen LogP contribution in [-0.2, 0) is 13.5 Å². The van der Waals surface area contributed by atoms with Crippen LogP contribution in [0.4, 0.5) is 0 Å². The van der Waals surface area contributed by atoms with Crippen molar-refractivity contribution in [1.82, 2.24) is 24.8 Å². The fraction of sp³-hybridized carbons (Fsp3) is 0.500. The van der Waals surface area contributed by atoms with Crippen molar-refractivity contribution in [3.63, 3.8) is 0 Å². The number of hydrogen-bond acceptors (Lipinski definition) is 3. The summed E-state index contributed by atoms with van der Waals surface area (Å²) >= 11 is 0. The van der Waals surface area contributed by atoms with E-state index in [-0.39, 0.29) is 6.04 Å². The molecule has 2 rings (SSSR count). The number of imidazole rings is 2. The second-order valence-electron chi connectivity index (χ2n) is 4.08. The van der Waals surface area contributed by atoms with Crippen molar-refractivity contribution in [2.24, 2.45) is 7.05 Å². The summed E-state index contributed by atoms with van der Waals surface area (Å²) in [6.07, 6.45) is 9.41. The van der Waals surface area contributed by atoms with Gasteiger partial charge in [0.1, 0.15) is 11.6 Å². The van der Waals surface area contributed by atoms with Gasteiger partial charge in [-0.3, -0.25) is 0 Å². The molecular weight excluding hydrogens is 214 g/mol. The third-order valence-electron chi connectivity index (χ3n) is 2.88. The Balaban J connectivity index is 1.97. The van der Waals surface area contributed by atoms with Crippen molar-refractivity contribution in [3.8, 4) is 0 Å². The van der Waals surface area contributed by atoms with Crippen molar-refractivity contribution < 1.29 is 0 Å². The van der Waals surface area contributed by atoms with Gasteiger partial charge in [0.25, 0.3) is 0 Å². The van der Waals surface area contributed by atoms with Crippen LogP contribution in [0.25, 0.3) is 0 Å². The van der Waals surface area contributed by atoms with E-state index in [2.05, 4.69) is 31.8 Å². The maximum absolute atomic E-state index is 4.33. The van der Waals surface area contributed by atoms with Gasteiger partial charge < -0.3 is 14.9 Å². The highest BCUT2D eigenvalue weighted by molar-refractivity contribution is 4.98. The van der Waals surface area contributed by atoms with Gasteiger partial charge in [-0.25, -0.2) is 9.97 Å². The molecular formula is C12H19N5. The van der Waals surface area contributed by atoms with Gasteiger partial charge in [0, 0.05) is 38.3 Å². The summed E-state index contributed by atoms with van der Waals surface area (Å²) in [6.45, 7) is 3.04. The summed E-state index contributed by atoms with van der Waals surface area (Å²) in [7, 11) is 2.03. The molecule has 5 heteroatoms. The molecule has 0 amide bonds. The van der Waals surface area contributed by atoms with Crippen LogP contribution < -0.4 is 5.32 Å². The maximum Gasteiger partial charge on any atom is 0.123 e. The second kappa shape index (κ2) is 5.63. The maximum atomic E-state index is 4.33. The van der Waals surface area contributed by atoms with Crippen LogP contribution in [0.5, 0.6) is 0 Å². The van der Waals surface area contributed by atoms with E-state index in [0.29, 0.717) is 0 Å². The lowest BCUT2D eigenvalue weighted by Crippen LogP contribution is -2.23. The van der Waals surface area contributed by atoms with Crippen molar-refractivity contribution in [1.29, 1.82) is 0 Å². The topological polar surface area (TPSA) is 58.5 Å². The summed E-state index contributed by atoms with van der Waals surface area (Å²) < 4.78 is 2.06. The van der Waals surface area contributed by atoms with Gasteiger partial charge in [0.05, 0.1) is 6.04 Å². The quantitative estimate of drug-likeness (QED) is 0.793. The summed E-state index contributed by atoms with van der Waals surface area (Å²) in [4.78, 5) is 11.8. The van der Waals surface area contributed by atoms with E-state index in [0.717, 1.165) is 31.0 Å². The monoisotopic (exact) mass is 233 g/mol. The molecule has 0 aliphatic rings. The van der Waals surface area contributed by atoms with E-state index in [1.54, 1.807) is 6.20 Å². The minimum Gasteiger partial charge on any atom is -0.347 e. The smallest absolute Gasteiger partial charge is 0.123 e. The number of nitrogens with one attached hydrogen (secondary N) is 2. The van der Waals surface area contributed by atoms with E-state index in [1.165, 1.54) is 0 Å². The molecule has 0 fully saturated rings. The molecule has 0 radical (unpaired) electrons. The summed E-state index contributed by atoms with van der Waals surface area (Å²) in [6, 6.07) is 0.270. The molecule has 1 unspecified atom stereocenters. The molecule has 0 spiro atoms. The number of rotatable bonds is 6. The molecule has 0 aliphatic carbocycles. The van der Waals surface area contributed by atoms with Gasteiger partial charge in [-0.2, -0.15) is 0 Å². The number of aromatic amines is 1. The molecule has 1 atom stereocenters. The Morgan fingerprint density at radius 2 is 2.29 bits per heavy atom. The van der Waals surface area contributed by atoms with Gasteiger partial charge in [-0.15, -0.1) is 0 Å². The predicted molar refractivity (Wildman–Crippen MR) is 66.5 cm³/mol. The fourth-order valence-electron chi connectivity index (χ4n) is 1.96. The standard InChI is InChI=1S/C12H19N5/c1-3-13-10(12-15-6-7-16-12)4-5-11-14-8-9-17(11)2/h6-10,13H,3-5H2,1-2H3,(H,15,16). The summed E-state index contributed by atoms with van der Waals surface area (Å²) in [5.74, 6) is 2.11. The first-order valence-corrected chi connectivity index (χ1v) is 6.00. The molecule has 0 aromatic carbocycles. The first-order valence-electron chi connectivity index (χ1n) is 6.00. The number of H-pyrrole nitrogens is 1. The van der Waals surface area contributed by atoms with Gasteiger partial charge in [0.15, 0.2) is 0 Å². The minimum atomic E-state index is 0.270. The minimum absolute atomic E-state index is 0.270. The van der Waals surface area contributed by atoms with Crippen molar-refractivity contribution in [2.45, 2.75) is 25.8 Å². The van der Waals surface area contributed by atoms with Crippen molar-refractivity contribution in [3.05, 3.63) is 36.4 Å². The van der Waals surface area contributed by atoms with Crippen LogP contribution in [0.2, 0.25) is 0 Å². The number of aromatic nitrogens is 4. The predicted octanol–water partition coefficient (Wildman–Crippen LogP) is 1.43. The van der Waals surface area contributed by atoms with Crippen LogP contribution in [0.3, 0.4) is 0 Å². The van der Waals surface area contributed by atoms with E-state index in [1.807, 2.05) is 25.6 Å². The van der Waals surface area contributed by atoms with Crippen LogP contribution in [0, 0.1) is 0 Å². The molecule has 0 aliphatic heterocycles. The lowest BCUT2D eigenvalue weighted by Gasteiger charge is -2.15. The van der Waals surface area contributed by atoms with Crippen LogP contribution in [0.1, 0.15) is 31.0 Å². The van der Waals surface area contributed by atoms with Gasteiger partial charge in [-0.1, -0.05) is 6.92 Å². The largest absolute Gasteiger partial charge is 0.347 e. The zero-order valence-electron chi connectivity index (χ0n) is 10.3. The van der Waals surface area contributed by atoms with E-state index in [4.69, 9.17) is 0 Å². The molecule has 0 saturated heterocycles. The lowest BCUT2D eigenvalue weighted by atomic mass is 10.1. The molecule has 5 nitrogen and oxygen atoms in total. The molecule has 92 valence electrons. The first-order chi connectivity index (χ1) is 8.31. The number of hydrogen-bond donors (Lipinski definition) is 2. The van der Waals surface area contributed by atoms with Gasteiger partial charge in [-0.05, 0) is 13.0 Å². The zero-order valence-corrected chi connectivity index (χ0v) is 10.3. The molecule has 17 heavy (non-hydrogen) atoms. The molecule has 0 bridgehead atoms. The Kier molecular flexibility index (Phi) is 3.93. The summed E-state index contributed by atoms with van der Waals surface area (Å²) in [5.41, 5.74) is 0. The van der Waals surface area contributed by atoms with E-state index in [9.17, 15) is 0 Å². The Bertz CT molecular complexity index is 431. The Morgan fingerprint density at radius 3 is 2.88 bits per heavy atom. The van der Waals surface area contributed by atoms with Crippen LogP contribution in [-0.4, -0.2) is 26.1 Å². The van der Waals surface area contributed by atoms with Crippen LogP contribution in [0.15, 0.2) is 24.8 Å². The fourth-order valence-corrected chi connectivity index (χ4v) is 1.96. The molecule has 2 heterocycles. The first kappa shape index (κ1) is 11.9. The highest BCUT2D eigenvalue weighted by Crippen LogP contribution is 2.14. The zero-order chi connectivity index (χ0) is 12.1. The Labute approximate surface area is 101 Å². The molecule has 2 aromatic heterocycles. The highest BCUT2D eigenvalue weighted by atomic mass is 15.0. The Hall–Kier alpha value is -1.62. The van der Waals surface area contributed by atoms with Crippen molar-refractivity contribution in [2.75, 3.05) is 6.54 Å². The van der Waals surface area contributed by atoms with Gasteiger partial charge >= 0.3 is 0 Å². The number of aryl methyl sites for hydroxylation is 2. The molecule has 2 N–H and O–H groups in total. The third kappa shape index (κ3) is 2.94. The summed E-state index contributed by atoms with van der Waals surface area (Å²) in [5, 5.41) is 3.44. The average Bonchev–Trinajstić information content (AvgIpc) is 2.96. The Morgan fingerprint density at radius 1 is 1.41 bits per heavy atom. The number of nitrogens with zero attached hydrogens (tertiary/aromatic N) is 3. The third-order valence-corrected chi connectivity index (χ3v) is 2.88. The van der Waals surface area contributed by atoms with E-state index < -0.39 is 0 Å². The van der Waals surface area contributed by atoms with Crippen molar-refractivity contribution >= 4 is 0 Å². The molecule has 2 aromatic rings. The average molecular weight is 233 g/mol. The SMILES string of the molecule is CCNC(CCc1nccn1C)c1ncc[nH]1. The lowest BCUT2D eigenvalue weighted by molar-refractivity contribution is 0.486.